The van der Waals surface area contributed by atoms with Crippen LogP contribution in [0.4, 0.5) is 0 Å². The second-order valence-electron chi connectivity index (χ2n) is 6.81. The van der Waals surface area contributed by atoms with Crippen molar-refractivity contribution in [2.24, 2.45) is 5.92 Å². The Labute approximate surface area is 164 Å². The molecule has 1 saturated heterocycles. The second kappa shape index (κ2) is 9.04. The Morgan fingerprint density at radius 2 is 2.07 bits per heavy atom. The van der Waals surface area contributed by atoms with E-state index in [1.54, 1.807) is 7.11 Å². The molecule has 1 fully saturated rings. The van der Waals surface area contributed by atoms with E-state index in [0.717, 1.165) is 42.0 Å². The third-order valence-corrected chi connectivity index (χ3v) is 5.91. The molecule has 1 aromatic heterocycles. The number of nitrogens with zero attached hydrogens (tertiary/aromatic N) is 1. The van der Waals surface area contributed by atoms with Gasteiger partial charge in [0.1, 0.15) is 5.75 Å². The molecule has 2 unspecified atom stereocenters. The molecule has 0 bridgehead atoms. The van der Waals surface area contributed by atoms with Gasteiger partial charge in [-0.3, -0.25) is 9.59 Å². The van der Waals surface area contributed by atoms with Gasteiger partial charge < -0.3 is 15.0 Å². The van der Waals surface area contributed by atoms with Crippen LogP contribution in [0.15, 0.2) is 41.8 Å². The van der Waals surface area contributed by atoms with Gasteiger partial charge in [0, 0.05) is 13.1 Å². The van der Waals surface area contributed by atoms with Gasteiger partial charge in [-0.25, -0.2) is 0 Å². The fraction of sp³-hybridized carbons (Fsp3) is 0.429. The Morgan fingerprint density at radius 3 is 2.70 bits per heavy atom. The molecule has 0 saturated carbocycles. The summed E-state index contributed by atoms with van der Waals surface area (Å²) in [6.07, 6.45) is 2.48. The molecule has 27 heavy (non-hydrogen) atoms. The summed E-state index contributed by atoms with van der Waals surface area (Å²) < 4.78 is 5.20. The average Bonchev–Trinajstić information content (AvgIpc) is 3.26. The highest BCUT2D eigenvalue weighted by atomic mass is 32.1. The number of likely N-dealkylation sites (tertiary alicyclic amines) is 1. The molecule has 2 amide bonds. The van der Waals surface area contributed by atoms with Gasteiger partial charge in [-0.1, -0.05) is 25.1 Å². The van der Waals surface area contributed by atoms with Crippen LogP contribution in [0.3, 0.4) is 0 Å². The number of carbonyl (C=O) groups excluding carboxylic acids is 2. The van der Waals surface area contributed by atoms with Crippen LogP contribution < -0.4 is 10.1 Å². The molecule has 5 nitrogen and oxygen atoms in total. The third kappa shape index (κ3) is 4.69. The molecule has 2 heterocycles. The van der Waals surface area contributed by atoms with E-state index in [1.165, 1.54) is 11.3 Å². The number of piperidine rings is 1. The molecule has 0 aliphatic carbocycles. The maximum absolute atomic E-state index is 12.8. The lowest BCUT2D eigenvalue weighted by molar-refractivity contribution is -0.127. The zero-order valence-electron chi connectivity index (χ0n) is 15.8. The Balaban J connectivity index is 1.62. The fourth-order valence-electron chi connectivity index (χ4n) is 3.48. The summed E-state index contributed by atoms with van der Waals surface area (Å²) in [7, 11) is 1.64. The van der Waals surface area contributed by atoms with Crippen molar-refractivity contribution in [1.82, 2.24) is 10.2 Å². The van der Waals surface area contributed by atoms with Crippen LogP contribution in [0.2, 0.25) is 0 Å². The van der Waals surface area contributed by atoms with E-state index in [4.69, 9.17) is 4.74 Å². The molecule has 1 aromatic carbocycles. The van der Waals surface area contributed by atoms with Crippen LogP contribution in [0, 0.1) is 5.92 Å². The minimum Gasteiger partial charge on any atom is -0.497 e. The smallest absolute Gasteiger partial charge is 0.263 e. The monoisotopic (exact) mass is 386 g/mol. The predicted octanol–water partition coefficient (Wildman–Crippen LogP) is 3.88. The van der Waals surface area contributed by atoms with E-state index in [0.29, 0.717) is 6.54 Å². The fourth-order valence-corrected chi connectivity index (χ4v) is 4.17. The standard InChI is InChI=1S/C21H26N2O3S/c1-3-18(15-8-10-17(26-2)11-9-15)22-20(24)16-6-4-12-23(14-16)21(25)19-7-5-13-27-19/h5,7-11,13,16,18H,3-4,6,12,14H2,1-2H3,(H,22,24). The molecule has 1 aliphatic rings. The Hall–Kier alpha value is -2.34. The predicted molar refractivity (Wildman–Crippen MR) is 107 cm³/mol. The van der Waals surface area contributed by atoms with E-state index in [-0.39, 0.29) is 23.8 Å². The largest absolute Gasteiger partial charge is 0.497 e. The van der Waals surface area contributed by atoms with Gasteiger partial charge in [0.2, 0.25) is 5.91 Å². The molecule has 0 radical (unpaired) electrons. The van der Waals surface area contributed by atoms with E-state index in [2.05, 4.69) is 12.2 Å². The van der Waals surface area contributed by atoms with Crippen molar-refractivity contribution in [2.45, 2.75) is 32.2 Å². The molecule has 2 aromatic rings. The Kier molecular flexibility index (Phi) is 6.50. The van der Waals surface area contributed by atoms with E-state index < -0.39 is 0 Å². The zero-order valence-corrected chi connectivity index (χ0v) is 16.6. The highest BCUT2D eigenvalue weighted by molar-refractivity contribution is 7.12. The van der Waals surface area contributed by atoms with Crippen LogP contribution in [0.25, 0.3) is 0 Å². The van der Waals surface area contributed by atoms with Crippen LogP contribution in [-0.4, -0.2) is 36.9 Å². The molecule has 6 heteroatoms. The zero-order chi connectivity index (χ0) is 19.2. The van der Waals surface area contributed by atoms with Gasteiger partial charge in [0.15, 0.2) is 0 Å². The minimum atomic E-state index is -0.157. The molecule has 1 N–H and O–H groups in total. The first-order valence-electron chi connectivity index (χ1n) is 9.39. The summed E-state index contributed by atoms with van der Waals surface area (Å²) in [5, 5.41) is 5.07. The summed E-state index contributed by atoms with van der Waals surface area (Å²) in [6, 6.07) is 11.5. The first-order valence-corrected chi connectivity index (χ1v) is 10.3. The summed E-state index contributed by atoms with van der Waals surface area (Å²) in [5.41, 5.74) is 1.06. The lowest BCUT2D eigenvalue weighted by Crippen LogP contribution is -2.45. The minimum absolute atomic E-state index is 0.0290. The van der Waals surface area contributed by atoms with E-state index >= 15 is 0 Å². The van der Waals surface area contributed by atoms with Crippen LogP contribution in [-0.2, 0) is 4.79 Å². The third-order valence-electron chi connectivity index (χ3n) is 5.05. The van der Waals surface area contributed by atoms with Crippen molar-refractivity contribution in [3.8, 4) is 5.75 Å². The number of benzene rings is 1. The lowest BCUT2D eigenvalue weighted by Gasteiger charge is -2.32. The summed E-state index contributed by atoms with van der Waals surface area (Å²) >= 11 is 1.45. The first-order chi connectivity index (χ1) is 13.1. The van der Waals surface area contributed by atoms with E-state index in [1.807, 2.05) is 46.7 Å². The van der Waals surface area contributed by atoms with Crippen LogP contribution in [0.5, 0.6) is 5.75 Å². The van der Waals surface area contributed by atoms with Gasteiger partial charge in [0.05, 0.1) is 23.9 Å². The molecular weight excluding hydrogens is 360 g/mol. The number of ether oxygens (including phenoxy) is 1. The van der Waals surface area contributed by atoms with Crippen molar-refractivity contribution in [1.29, 1.82) is 0 Å². The van der Waals surface area contributed by atoms with Crippen LogP contribution >= 0.6 is 11.3 Å². The lowest BCUT2D eigenvalue weighted by atomic mass is 9.95. The van der Waals surface area contributed by atoms with Gasteiger partial charge in [0.25, 0.3) is 5.91 Å². The summed E-state index contributed by atoms with van der Waals surface area (Å²) in [5.74, 6) is 0.705. The average molecular weight is 387 g/mol. The van der Waals surface area contributed by atoms with Gasteiger partial charge in [-0.05, 0) is 48.4 Å². The Bertz CT molecular complexity index is 758. The van der Waals surface area contributed by atoms with Gasteiger partial charge >= 0.3 is 0 Å². The summed E-state index contributed by atoms with van der Waals surface area (Å²) in [6.45, 7) is 3.26. The van der Waals surface area contributed by atoms with Crippen molar-refractivity contribution in [2.75, 3.05) is 20.2 Å². The Morgan fingerprint density at radius 1 is 1.30 bits per heavy atom. The highest BCUT2D eigenvalue weighted by Gasteiger charge is 2.30. The second-order valence-corrected chi connectivity index (χ2v) is 7.76. The SMILES string of the molecule is CCC(NC(=O)C1CCCN(C(=O)c2cccs2)C1)c1ccc(OC)cc1. The summed E-state index contributed by atoms with van der Waals surface area (Å²) in [4.78, 5) is 28.0. The first kappa shape index (κ1) is 19.4. The number of hydrogen-bond acceptors (Lipinski definition) is 4. The van der Waals surface area contributed by atoms with Crippen molar-refractivity contribution >= 4 is 23.2 Å². The maximum atomic E-state index is 12.8. The number of nitrogens with one attached hydrogen (secondary N) is 1. The molecule has 144 valence electrons. The van der Waals surface area contributed by atoms with Gasteiger partial charge in [-0.15, -0.1) is 11.3 Å². The maximum Gasteiger partial charge on any atom is 0.263 e. The normalized spacial score (nSPS) is 18.0. The topological polar surface area (TPSA) is 58.6 Å². The molecule has 0 spiro atoms. The van der Waals surface area contributed by atoms with Crippen molar-refractivity contribution in [3.63, 3.8) is 0 Å². The van der Waals surface area contributed by atoms with Crippen LogP contribution in [0.1, 0.15) is 47.5 Å². The highest BCUT2D eigenvalue weighted by Crippen LogP contribution is 2.24. The van der Waals surface area contributed by atoms with Gasteiger partial charge in [-0.2, -0.15) is 0 Å². The number of methoxy groups -OCH3 is 1. The van der Waals surface area contributed by atoms with E-state index in [9.17, 15) is 9.59 Å². The quantitative estimate of drug-likeness (QED) is 0.820. The number of hydrogen-bond donors (Lipinski definition) is 1. The van der Waals surface area contributed by atoms with Crippen molar-refractivity contribution in [3.05, 3.63) is 52.2 Å². The number of carbonyl (C=O) groups is 2. The molecule has 2 atom stereocenters. The molecular formula is C21H26N2O3S. The molecule has 1 aliphatic heterocycles. The number of thiophene rings is 1. The number of amides is 2. The molecule has 3 rings (SSSR count). The number of rotatable bonds is 6. The van der Waals surface area contributed by atoms with Crippen molar-refractivity contribution < 1.29 is 14.3 Å².